The van der Waals surface area contributed by atoms with Crippen LogP contribution in [0.2, 0.25) is 0 Å². The van der Waals surface area contributed by atoms with Crippen LogP contribution in [-0.2, 0) is 9.59 Å². The van der Waals surface area contributed by atoms with Crippen molar-refractivity contribution in [2.75, 3.05) is 13.1 Å². The molecule has 2 amide bonds. The molecule has 0 unspecified atom stereocenters. The Bertz CT molecular complexity index is 209. The summed E-state index contributed by atoms with van der Waals surface area (Å²) in [5.74, 6) is 9.42. The van der Waals surface area contributed by atoms with Gasteiger partial charge in [-0.25, -0.2) is 11.7 Å². The van der Waals surface area contributed by atoms with E-state index < -0.39 is 11.8 Å². The number of nitrogens with zero attached hydrogens (tertiary/aromatic N) is 2. The molecule has 0 bridgehead atoms. The van der Waals surface area contributed by atoms with Crippen molar-refractivity contribution < 1.29 is 9.59 Å². The number of unbranched alkanes of at least 4 members (excludes halogenated alkanes) is 2. The van der Waals surface area contributed by atoms with Crippen molar-refractivity contribution >= 4 is 11.8 Å². The fourth-order valence-corrected chi connectivity index (χ4v) is 1.11. The van der Waals surface area contributed by atoms with Gasteiger partial charge in [0.15, 0.2) is 0 Å². The van der Waals surface area contributed by atoms with E-state index in [4.69, 9.17) is 11.7 Å². The summed E-state index contributed by atoms with van der Waals surface area (Å²) in [4.78, 5) is 23.0. The Labute approximate surface area is 96.5 Å². The maximum absolute atomic E-state index is 11.5. The average Bonchev–Trinajstić information content (AvgIpc) is 2.30. The lowest BCUT2D eigenvalue weighted by Gasteiger charge is -2.20. The first-order chi connectivity index (χ1) is 7.54. The van der Waals surface area contributed by atoms with Crippen LogP contribution in [0.5, 0.6) is 0 Å². The first-order valence-corrected chi connectivity index (χ1v) is 5.67. The Morgan fingerprint density at radius 2 is 1.19 bits per heavy atom. The van der Waals surface area contributed by atoms with Crippen LogP contribution in [-0.4, -0.2) is 34.9 Å². The minimum absolute atomic E-state index is 0.378. The molecule has 0 aliphatic heterocycles. The number of hydrogen-bond acceptors (Lipinski definition) is 4. The number of nitrogens with two attached hydrogens (primary N) is 2. The van der Waals surface area contributed by atoms with Crippen LogP contribution in [0.1, 0.15) is 39.5 Å². The molecule has 0 saturated carbocycles. The highest BCUT2D eigenvalue weighted by Crippen LogP contribution is 1.95. The third-order valence-corrected chi connectivity index (χ3v) is 2.21. The van der Waals surface area contributed by atoms with Crippen molar-refractivity contribution in [1.82, 2.24) is 10.0 Å². The van der Waals surface area contributed by atoms with E-state index in [1.807, 2.05) is 13.8 Å². The summed E-state index contributed by atoms with van der Waals surface area (Å²) >= 11 is 0. The van der Waals surface area contributed by atoms with Crippen LogP contribution in [0.4, 0.5) is 0 Å². The molecule has 6 nitrogen and oxygen atoms in total. The van der Waals surface area contributed by atoms with E-state index >= 15 is 0 Å². The molecule has 94 valence electrons. The van der Waals surface area contributed by atoms with Crippen LogP contribution in [0.15, 0.2) is 0 Å². The number of hydrogen-bond donors (Lipinski definition) is 2. The minimum atomic E-state index is -0.743. The number of carbonyl (C=O) groups excluding carboxylic acids is 2. The van der Waals surface area contributed by atoms with E-state index in [1.165, 1.54) is 0 Å². The van der Waals surface area contributed by atoms with Crippen LogP contribution in [0.25, 0.3) is 0 Å². The van der Waals surface area contributed by atoms with Crippen LogP contribution in [0, 0.1) is 0 Å². The summed E-state index contributed by atoms with van der Waals surface area (Å²) in [6, 6.07) is 0. The van der Waals surface area contributed by atoms with Gasteiger partial charge in [-0.2, -0.15) is 0 Å². The van der Waals surface area contributed by atoms with Gasteiger partial charge in [-0.15, -0.1) is 0 Å². The molecule has 6 heteroatoms. The number of carbonyl (C=O) groups is 2. The lowest BCUT2D eigenvalue weighted by atomic mass is 10.3. The Morgan fingerprint density at radius 3 is 1.44 bits per heavy atom. The predicted molar refractivity (Wildman–Crippen MR) is 61.6 cm³/mol. The molecule has 4 N–H and O–H groups in total. The van der Waals surface area contributed by atoms with Gasteiger partial charge in [0.05, 0.1) is 0 Å². The minimum Gasteiger partial charge on any atom is -0.272 e. The molecule has 0 aliphatic carbocycles. The molecule has 16 heavy (non-hydrogen) atoms. The second kappa shape index (κ2) is 8.06. The molecule has 0 atom stereocenters. The molecule has 0 heterocycles. The second-order valence-electron chi connectivity index (χ2n) is 3.70. The number of rotatable bonds is 6. The Kier molecular flexibility index (Phi) is 7.49. The van der Waals surface area contributed by atoms with Gasteiger partial charge in [-0.05, 0) is 12.8 Å². The van der Waals surface area contributed by atoms with Crippen molar-refractivity contribution in [2.24, 2.45) is 11.7 Å². The zero-order chi connectivity index (χ0) is 12.6. The summed E-state index contributed by atoms with van der Waals surface area (Å²) in [6.07, 6.45) is 3.37. The van der Waals surface area contributed by atoms with Crippen molar-refractivity contribution in [2.45, 2.75) is 39.5 Å². The van der Waals surface area contributed by atoms with Gasteiger partial charge < -0.3 is 0 Å². The van der Waals surface area contributed by atoms with E-state index in [9.17, 15) is 9.59 Å². The highest BCUT2D eigenvalue weighted by Gasteiger charge is 2.22. The lowest BCUT2D eigenvalue weighted by molar-refractivity contribution is -0.152. The van der Waals surface area contributed by atoms with Gasteiger partial charge in [-0.1, -0.05) is 26.7 Å². The van der Waals surface area contributed by atoms with Gasteiger partial charge in [0.2, 0.25) is 0 Å². The quantitative estimate of drug-likeness (QED) is 0.290. The van der Waals surface area contributed by atoms with E-state index in [-0.39, 0.29) is 0 Å². The number of amides is 2. The molecule has 0 rings (SSSR count). The Balaban J connectivity index is 4.10. The van der Waals surface area contributed by atoms with Crippen LogP contribution < -0.4 is 11.7 Å². The molecular formula is C10H22N4O2. The molecular weight excluding hydrogens is 208 g/mol. The van der Waals surface area contributed by atoms with Crippen molar-refractivity contribution in [1.29, 1.82) is 0 Å². The third kappa shape index (κ3) is 5.09. The SMILES string of the molecule is CCCCN(N)C(=O)C(=O)N(N)CCCC. The van der Waals surface area contributed by atoms with Gasteiger partial charge >= 0.3 is 11.8 Å². The van der Waals surface area contributed by atoms with Gasteiger partial charge in [0, 0.05) is 13.1 Å². The third-order valence-electron chi connectivity index (χ3n) is 2.21. The summed E-state index contributed by atoms with van der Waals surface area (Å²) in [5, 5.41) is 1.86. The lowest BCUT2D eigenvalue weighted by Crippen LogP contribution is -2.51. The van der Waals surface area contributed by atoms with Crippen molar-refractivity contribution in [3.63, 3.8) is 0 Å². The topological polar surface area (TPSA) is 92.7 Å². The van der Waals surface area contributed by atoms with Crippen molar-refractivity contribution in [3.05, 3.63) is 0 Å². The zero-order valence-electron chi connectivity index (χ0n) is 10.1. The smallest absolute Gasteiger partial charge is 0.272 e. The summed E-state index contributed by atoms with van der Waals surface area (Å²) in [5.41, 5.74) is 0. The zero-order valence-corrected chi connectivity index (χ0v) is 10.1. The van der Waals surface area contributed by atoms with Gasteiger partial charge in [-0.3, -0.25) is 19.6 Å². The van der Waals surface area contributed by atoms with E-state index in [2.05, 4.69) is 0 Å². The van der Waals surface area contributed by atoms with Gasteiger partial charge in [0.25, 0.3) is 0 Å². The summed E-state index contributed by atoms with van der Waals surface area (Å²) < 4.78 is 0. The van der Waals surface area contributed by atoms with E-state index in [0.717, 1.165) is 35.7 Å². The second-order valence-corrected chi connectivity index (χ2v) is 3.70. The molecule has 0 fully saturated rings. The number of hydrazine groups is 2. The monoisotopic (exact) mass is 230 g/mol. The fourth-order valence-electron chi connectivity index (χ4n) is 1.11. The normalized spacial score (nSPS) is 10.0. The molecule has 0 aromatic heterocycles. The van der Waals surface area contributed by atoms with Crippen LogP contribution in [0.3, 0.4) is 0 Å². The van der Waals surface area contributed by atoms with Crippen LogP contribution >= 0.6 is 0 Å². The average molecular weight is 230 g/mol. The summed E-state index contributed by atoms with van der Waals surface area (Å²) in [6.45, 7) is 4.72. The molecule has 0 spiro atoms. The molecule has 0 aliphatic rings. The Hall–Kier alpha value is -1.14. The highest BCUT2D eigenvalue weighted by atomic mass is 16.2. The maximum atomic E-state index is 11.5. The fraction of sp³-hybridized carbons (Fsp3) is 0.800. The Morgan fingerprint density at radius 1 is 0.875 bits per heavy atom. The van der Waals surface area contributed by atoms with E-state index in [1.54, 1.807) is 0 Å². The molecule has 0 aromatic carbocycles. The van der Waals surface area contributed by atoms with Crippen molar-refractivity contribution in [3.8, 4) is 0 Å². The largest absolute Gasteiger partial charge is 0.327 e. The summed E-state index contributed by atoms with van der Waals surface area (Å²) in [7, 11) is 0. The molecule has 0 saturated heterocycles. The van der Waals surface area contributed by atoms with E-state index in [0.29, 0.717) is 13.1 Å². The highest BCUT2D eigenvalue weighted by molar-refractivity contribution is 6.34. The predicted octanol–water partition coefficient (Wildman–Crippen LogP) is -0.00880. The standard InChI is InChI=1S/C10H22N4O2/c1-3-5-7-13(11)9(15)10(16)14(12)8-6-4-2/h3-8,11-12H2,1-2H3. The molecule has 0 aromatic rings. The molecule has 0 radical (unpaired) electrons. The maximum Gasteiger partial charge on any atom is 0.327 e. The first-order valence-electron chi connectivity index (χ1n) is 5.67. The first kappa shape index (κ1) is 14.9. The van der Waals surface area contributed by atoms with Gasteiger partial charge in [0.1, 0.15) is 0 Å².